The van der Waals surface area contributed by atoms with Crippen LogP contribution in [0.5, 0.6) is 5.75 Å². The summed E-state index contributed by atoms with van der Waals surface area (Å²) in [4.78, 5) is 25.3. The number of carbonyl (C=O) groups is 2. The standard InChI is InChI=1S/C26H26ClNO5/c1-18(9-12-25(29)30)13-15-33-23-7-4-3-6-20(23)17-28(2)26(31)19-10-11-21(22(27)16-19)24-8-5-14-32-24/h3-8,10-11,13-14,16H,9,12,15,17H2,1-2H3,(H,29,30). The molecular formula is C26H26ClNO5. The van der Waals surface area contributed by atoms with Crippen LogP contribution in [0.2, 0.25) is 5.02 Å². The van der Waals surface area contributed by atoms with Crippen LogP contribution >= 0.6 is 11.6 Å². The first-order valence-electron chi connectivity index (χ1n) is 10.5. The van der Waals surface area contributed by atoms with E-state index in [1.165, 1.54) is 0 Å². The predicted octanol–water partition coefficient (Wildman–Crippen LogP) is 6.06. The number of hydrogen-bond acceptors (Lipinski definition) is 4. The van der Waals surface area contributed by atoms with Crippen molar-refractivity contribution in [2.24, 2.45) is 0 Å². The number of hydrogen-bond donors (Lipinski definition) is 1. The average molecular weight is 468 g/mol. The van der Waals surface area contributed by atoms with Gasteiger partial charge < -0.3 is 19.2 Å². The zero-order valence-electron chi connectivity index (χ0n) is 18.6. The Hall–Kier alpha value is -3.51. The molecule has 1 heterocycles. The van der Waals surface area contributed by atoms with Crippen LogP contribution in [0.3, 0.4) is 0 Å². The highest BCUT2D eigenvalue weighted by Crippen LogP contribution is 2.29. The summed E-state index contributed by atoms with van der Waals surface area (Å²) < 4.78 is 11.3. The molecule has 3 rings (SSSR count). The minimum Gasteiger partial charge on any atom is -0.489 e. The van der Waals surface area contributed by atoms with E-state index in [-0.39, 0.29) is 12.3 Å². The number of benzene rings is 2. The van der Waals surface area contributed by atoms with E-state index < -0.39 is 5.97 Å². The molecular weight excluding hydrogens is 442 g/mol. The Labute approximate surface area is 198 Å². The Morgan fingerprint density at radius 2 is 1.91 bits per heavy atom. The van der Waals surface area contributed by atoms with Gasteiger partial charge in [0, 0.05) is 36.7 Å². The molecule has 0 fully saturated rings. The summed E-state index contributed by atoms with van der Waals surface area (Å²) in [5.41, 5.74) is 3.03. The van der Waals surface area contributed by atoms with E-state index in [9.17, 15) is 9.59 Å². The molecule has 0 saturated carbocycles. The van der Waals surface area contributed by atoms with Gasteiger partial charge in [-0.1, -0.05) is 35.4 Å². The van der Waals surface area contributed by atoms with Gasteiger partial charge in [0.15, 0.2) is 0 Å². The van der Waals surface area contributed by atoms with Crippen molar-refractivity contribution in [3.05, 3.63) is 88.7 Å². The first kappa shape index (κ1) is 24.1. The van der Waals surface area contributed by atoms with Gasteiger partial charge in [0.1, 0.15) is 18.1 Å². The number of para-hydroxylation sites is 1. The number of ether oxygens (including phenoxy) is 1. The molecule has 1 aromatic heterocycles. The molecule has 1 N–H and O–H groups in total. The smallest absolute Gasteiger partial charge is 0.303 e. The number of allylic oxidation sites excluding steroid dienone is 1. The van der Waals surface area contributed by atoms with E-state index in [0.29, 0.717) is 41.7 Å². The SMILES string of the molecule is CC(=CCOc1ccccc1CN(C)C(=O)c1ccc(-c2ccco2)c(Cl)c1)CCC(=O)O. The number of furan rings is 1. The van der Waals surface area contributed by atoms with Gasteiger partial charge in [0.2, 0.25) is 0 Å². The van der Waals surface area contributed by atoms with E-state index in [1.54, 1.807) is 42.5 Å². The fourth-order valence-corrected chi connectivity index (χ4v) is 3.56. The van der Waals surface area contributed by atoms with Gasteiger partial charge in [0.05, 0.1) is 11.3 Å². The van der Waals surface area contributed by atoms with E-state index in [2.05, 4.69) is 0 Å². The molecule has 0 bridgehead atoms. The van der Waals surface area contributed by atoms with Crippen LogP contribution in [-0.4, -0.2) is 35.5 Å². The van der Waals surface area contributed by atoms with Crippen LogP contribution in [0.1, 0.15) is 35.7 Å². The van der Waals surface area contributed by atoms with E-state index >= 15 is 0 Å². The lowest BCUT2D eigenvalue weighted by molar-refractivity contribution is -0.136. The second kappa shape index (κ2) is 11.4. The van der Waals surface area contributed by atoms with Crippen molar-refractivity contribution in [2.45, 2.75) is 26.3 Å². The maximum Gasteiger partial charge on any atom is 0.303 e. The maximum atomic E-state index is 13.0. The quantitative estimate of drug-likeness (QED) is 0.366. The monoisotopic (exact) mass is 467 g/mol. The third kappa shape index (κ3) is 6.73. The van der Waals surface area contributed by atoms with Gasteiger partial charge in [-0.15, -0.1) is 0 Å². The molecule has 172 valence electrons. The molecule has 6 nitrogen and oxygen atoms in total. The van der Waals surface area contributed by atoms with Gasteiger partial charge in [-0.3, -0.25) is 9.59 Å². The summed E-state index contributed by atoms with van der Waals surface area (Å²) in [7, 11) is 1.73. The number of carbonyl (C=O) groups excluding carboxylic acids is 1. The van der Waals surface area contributed by atoms with Crippen molar-refractivity contribution in [1.29, 1.82) is 0 Å². The molecule has 3 aromatic rings. The molecule has 33 heavy (non-hydrogen) atoms. The van der Waals surface area contributed by atoms with Gasteiger partial charge in [0.25, 0.3) is 5.91 Å². The molecule has 0 saturated heterocycles. The molecule has 1 amide bonds. The molecule has 0 aliphatic carbocycles. The molecule has 0 unspecified atom stereocenters. The fourth-order valence-electron chi connectivity index (χ4n) is 3.28. The van der Waals surface area contributed by atoms with Crippen molar-refractivity contribution < 1.29 is 23.8 Å². The summed E-state index contributed by atoms with van der Waals surface area (Å²) >= 11 is 6.39. The summed E-state index contributed by atoms with van der Waals surface area (Å²) in [5, 5.41) is 9.23. The molecule has 2 aromatic carbocycles. The van der Waals surface area contributed by atoms with Crippen molar-refractivity contribution in [3.63, 3.8) is 0 Å². The van der Waals surface area contributed by atoms with Gasteiger partial charge in [-0.05, 0) is 55.8 Å². The number of amides is 1. The molecule has 0 aliphatic rings. The zero-order chi connectivity index (χ0) is 23.8. The fraction of sp³-hybridized carbons (Fsp3) is 0.231. The van der Waals surface area contributed by atoms with Gasteiger partial charge >= 0.3 is 5.97 Å². The predicted molar refractivity (Wildman–Crippen MR) is 128 cm³/mol. The maximum absolute atomic E-state index is 13.0. The molecule has 0 radical (unpaired) electrons. The first-order chi connectivity index (χ1) is 15.8. The number of carboxylic acids is 1. The molecule has 0 atom stereocenters. The average Bonchev–Trinajstić information content (AvgIpc) is 3.32. The van der Waals surface area contributed by atoms with Crippen molar-refractivity contribution >= 4 is 23.5 Å². The van der Waals surface area contributed by atoms with Crippen molar-refractivity contribution in [2.75, 3.05) is 13.7 Å². The number of halogens is 1. The van der Waals surface area contributed by atoms with Crippen molar-refractivity contribution in [3.8, 4) is 17.1 Å². The number of carboxylic acid groups (broad SMARTS) is 1. The Kier molecular flexibility index (Phi) is 8.33. The minimum absolute atomic E-state index is 0.0956. The number of rotatable bonds is 10. The lowest BCUT2D eigenvalue weighted by atomic mass is 10.1. The topological polar surface area (TPSA) is 80.0 Å². The van der Waals surface area contributed by atoms with Crippen molar-refractivity contribution in [1.82, 2.24) is 4.90 Å². The number of nitrogens with zero attached hydrogens (tertiary/aromatic N) is 1. The first-order valence-corrected chi connectivity index (χ1v) is 10.9. The Balaban J connectivity index is 1.65. The van der Waals surface area contributed by atoms with Crippen LogP contribution in [0, 0.1) is 0 Å². The second-order valence-electron chi connectivity index (χ2n) is 7.70. The lowest BCUT2D eigenvalue weighted by Crippen LogP contribution is -2.26. The molecule has 7 heteroatoms. The highest BCUT2D eigenvalue weighted by molar-refractivity contribution is 6.33. The van der Waals surface area contributed by atoms with E-state index in [0.717, 1.165) is 16.7 Å². The summed E-state index contributed by atoms with van der Waals surface area (Å²) in [6.07, 6.45) is 4.03. The normalized spacial score (nSPS) is 11.3. The van der Waals surface area contributed by atoms with E-state index in [1.807, 2.05) is 43.3 Å². The zero-order valence-corrected chi connectivity index (χ0v) is 19.3. The number of aliphatic carboxylic acids is 1. The van der Waals surface area contributed by atoms with Gasteiger partial charge in [-0.2, -0.15) is 0 Å². The Morgan fingerprint density at radius 3 is 2.61 bits per heavy atom. The summed E-state index contributed by atoms with van der Waals surface area (Å²) in [6.45, 7) is 2.56. The largest absolute Gasteiger partial charge is 0.489 e. The van der Waals surface area contributed by atoms with E-state index in [4.69, 9.17) is 25.9 Å². The van der Waals surface area contributed by atoms with Crippen LogP contribution in [0.15, 0.2) is 76.9 Å². The molecule has 0 aliphatic heterocycles. The Bertz CT molecular complexity index is 1140. The third-order valence-corrected chi connectivity index (χ3v) is 5.45. The molecule has 0 spiro atoms. The second-order valence-corrected chi connectivity index (χ2v) is 8.10. The lowest BCUT2D eigenvalue weighted by Gasteiger charge is -2.20. The highest BCUT2D eigenvalue weighted by Gasteiger charge is 2.16. The Morgan fingerprint density at radius 1 is 1.12 bits per heavy atom. The third-order valence-electron chi connectivity index (χ3n) is 5.13. The minimum atomic E-state index is -0.821. The van der Waals surface area contributed by atoms with Crippen LogP contribution in [0.4, 0.5) is 0 Å². The van der Waals surface area contributed by atoms with Crippen LogP contribution < -0.4 is 4.74 Å². The highest BCUT2D eigenvalue weighted by atomic mass is 35.5. The van der Waals surface area contributed by atoms with Gasteiger partial charge in [-0.25, -0.2) is 0 Å². The van der Waals surface area contributed by atoms with Crippen LogP contribution in [-0.2, 0) is 11.3 Å². The van der Waals surface area contributed by atoms with Crippen LogP contribution in [0.25, 0.3) is 11.3 Å². The summed E-state index contributed by atoms with van der Waals surface area (Å²) in [6, 6.07) is 16.3. The summed E-state index contributed by atoms with van der Waals surface area (Å²) in [5.74, 6) is 0.331.